The molecule has 4 N–H and O–H groups in total. The van der Waals surface area contributed by atoms with Gasteiger partial charge in [-0.25, -0.2) is 9.97 Å². The number of carbonyl (C=O) groups is 1. The van der Waals surface area contributed by atoms with Gasteiger partial charge in [0.25, 0.3) is 0 Å². The second-order valence-electron chi connectivity index (χ2n) is 9.38. The lowest BCUT2D eigenvalue weighted by Crippen LogP contribution is -2.32. The molecule has 0 aromatic carbocycles. The summed E-state index contributed by atoms with van der Waals surface area (Å²) >= 11 is 1.19. The number of aliphatic hydroxyl groups is 1. The van der Waals surface area contributed by atoms with Crippen molar-refractivity contribution in [3.05, 3.63) is 75.6 Å². The zero-order valence-corrected chi connectivity index (χ0v) is 22.0. The van der Waals surface area contributed by atoms with E-state index in [1.54, 1.807) is 19.1 Å². The van der Waals surface area contributed by atoms with Gasteiger partial charge in [0.2, 0.25) is 5.78 Å². The normalized spacial score (nSPS) is 24.3. The molecule has 1 aliphatic carbocycles. The smallest absolute Gasteiger partial charge is 0.333 e. The molecule has 0 amide bonds. The molecule has 4 atom stereocenters. The van der Waals surface area contributed by atoms with E-state index in [4.69, 9.17) is 9.29 Å². The summed E-state index contributed by atoms with van der Waals surface area (Å²) in [5, 5.41) is 13.4. The molecule has 39 heavy (non-hydrogen) atoms. The molecule has 4 heterocycles. The van der Waals surface area contributed by atoms with Crippen LogP contribution in [0, 0.1) is 19.4 Å². The molecular weight excluding hydrogens is 556 g/mol. The average Bonchev–Trinajstić information content (AvgIpc) is 3.44. The first-order valence-corrected chi connectivity index (χ1v) is 14.1. The van der Waals surface area contributed by atoms with Crippen LogP contribution in [0.2, 0.25) is 0 Å². The van der Waals surface area contributed by atoms with E-state index in [9.17, 15) is 27.1 Å². The summed E-state index contributed by atoms with van der Waals surface area (Å²) in [5.41, 5.74) is 0.655. The summed E-state index contributed by atoms with van der Waals surface area (Å²) in [6.45, 7) is 2.06. The molecular formula is C24H24F2N5O6S2. The second kappa shape index (κ2) is 10.6. The van der Waals surface area contributed by atoms with Crippen LogP contribution in [-0.2, 0) is 21.0 Å². The van der Waals surface area contributed by atoms with Gasteiger partial charge in [-0.15, -0.1) is 11.3 Å². The van der Waals surface area contributed by atoms with Crippen LogP contribution in [0.25, 0.3) is 0 Å². The minimum absolute atomic E-state index is 0.168. The van der Waals surface area contributed by atoms with Crippen LogP contribution in [0.5, 0.6) is 0 Å². The van der Waals surface area contributed by atoms with E-state index in [1.165, 1.54) is 36.1 Å². The predicted octanol–water partition coefficient (Wildman–Crippen LogP) is 2.79. The lowest BCUT2D eigenvalue weighted by Gasteiger charge is -2.30. The number of halogens is 2. The highest BCUT2D eigenvalue weighted by molar-refractivity contribution is 7.83. The zero-order valence-electron chi connectivity index (χ0n) is 20.4. The molecule has 2 aliphatic rings. The number of carbonyl (C=O) groups excluding carboxylic acids is 1. The van der Waals surface area contributed by atoms with Crippen molar-refractivity contribution in [3.8, 4) is 0 Å². The third-order valence-electron chi connectivity index (χ3n) is 6.67. The van der Waals surface area contributed by atoms with Gasteiger partial charge in [0, 0.05) is 41.3 Å². The van der Waals surface area contributed by atoms with Gasteiger partial charge in [0.05, 0.1) is 16.5 Å². The molecule has 207 valence electrons. The summed E-state index contributed by atoms with van der Waals surface area (Å²) in [5.74, 6) is -3.95. The lowest BCUT2D eigenvalue weighted by molar-refractivity contribution is -0.119. The van der Waals surface area contributed by atoms with Crippen LogP contribution in [-0.4, -0.2) is 57.6 Å². The maximum absolute atomic E-state index is 14.4. The fraction of sp³-hybridized carbons (Fsp3) is 0.375. The number of pyridine rings is 1. The Morgan fingerprint density at radius 2 is 2.08 bits per heavy atom. The largest absolute Gasteiger partial charge is 0.393 e. The van der Waals surface area contributed by atoms with Crippen LogP contribution in [0.3, 0.4) is 0 Å². The molecule has 11 nitrogen and oxygen atoms in total. The third-order valence-corrected chi connectivity index (χ3v) is 8.17. The van der Waals surface area contributed by atoms with Gasteiger partial charge in [0.15, 0.2) is 0 Å². The number of alkyl halides is 2. The molecule has 15 heteroatoms. The molecule has 3 aromatic rings. The highest BCUT2D eigenvalue weighted by atomic mass is 32.2. The van der Waals surface area contributed by atoms with Crippen molar-refractivity contribution in [2.75, 3.05) is 11.9 Å². The number of aryl methyl sites for hydroxylation is 1. The van der Waals surface area contributed by atoms with Gasteiger partial charge in [-0.2, -0.15) is 21.9 Å². The number of aliphatic hydroxyl groups excluding tert-OH is 1. The molecule has 0 saturated heterocycles. The van der Waals surface area contributed by atoms with E-state index in [1.807, 2.05) is 4.72 Å². The molecule has 3 aromatic heterocycles. The van der Waals surface area contributed by atoms with E-state index < -0.39 is 41.0 Å². The summed E-state index contributed by atoms with van der Waals surface area (Å²) in [6, 6.07) is 4.37. The van der Waals surface area contributed by atoms with Crippen molar-refractivity contribution in [2.24, 2.45) is 5.92 Å². The SMILES string of the molecule is Cc1sc(C(=O)c2cncnc2N[C@H]2C[C@H](O)[C@@H]([CH]NS(=O)(=O)O)C2)cc1[C@@H]1OCC(F)(F)c2ncccc21. The van der Waals surface area contributed by atoms with Crippen LogP contribution in [0.4, 0.5) is 14.6 Å². The molecule has 1 fully saturated rings. The highest BCUT2D eigenvalue weighted by Gasteiger charge is 2.44. The second-order valence-corrected chi connectivity index (χ2v) is 11.8. The van der Waals surface area contributed by atoms with Crippen LogP contribution >= 0.6 is 11.3 Å². The van der Waals surface area contributed by atoms with Crippen molar-refractivity contribution in [1.82, 2.24) is 19.7 Å². The average molecular weight is 581 g/mol. The Balaban J connectivity index is 1.36. The number of nitrogens with zero attached hydrogens (tertiary/aromatic N) is 3. The first kappa shape index (κ1) is 27.6. The molecule has 1 saturated carbocycles. The quantitative estimate of drug-likeness (QED) is 0.230. The van der Waals surface area contributed by atoms with E-state index in [-0.39, 0.29) is 40.9 Å². The number of hydrogen-bond donors (Lipinski definition) is 4. The van der Waals surface area contributed by atoms with Gasteiger partial charge < -0.3 is 15.2 Å². The first-order valence-electron chi connectivity index (χ1n) is 11.9. The fourth-order valence-corrected chi connectivity index (χ4v) is 6.21. The Kier molecular flexibility index (Phi) is 7.47. The van der Waals surface area contributed by atoms with Gasteiger partial charge in [-0.3, -0.25) is 14.3 Å². The maximum Gasteiger partial charge on any atom is 0.333 e. The minimum Gasteiger partial charge on any atom is -0.393 e. The van der Waals surface area contributed by atoms with Crippen LogP contribution in [0.15, 0.2) is 36.9 Å². The van der Waals surface area contributed by atoms with Crippen molar-refractivity contribution in [3.63, 3.8) is 0 Å². The number of ketones is 1. The van der Waals surface area contributed by atoms with Crippen molar-refractivity contribution in [2.45, 2.75) is 43.9 Å². The minimum atomic E-state index is -4.44. The number of thiophene rings is 1. The van der Waals surface area contributed by atoms with Gasteiger partial charge in [-0.05, 0) is 37.5 Å². The van der Waals surface area contributed by atoms with E-state index in [0.717, 1.165) is 11.4 Å². The molecule has 0 spiro atoms. The molecule has 1 aliphatic heterocycles. The molecule has 0 unspecified atom stereocenters. The number of rotatable bonds is 8. The Labute approximate surface area is 226 Å². The Bertz CT molecular complexity index is 1500. The Morgan fingerprint density at radius 3 is 2.85 bits per heavy atom. The summed E-state index contributed by atoms with van der Waals surface area (Å²) in [6.07, 6.45) is 2.78. The summed E-state index contributed by atoms with van der Waals surface area (Å²) in [7, 11) is -4.44. The topological polar surface area (TPSA) is 164 Å². The van der Waals surface area contributed by atoms with Crippen LogP contribution in [0.1, 0.15) is 55.9 Å². The summed E-state index contributed by atoms with van der Waals surface area (Å²) < 4.78 is 66.9. The van der Waals surface area contributed by atoms with Crippen molar-refractivity contribution >= 4 is 33.2 Å². The molecule has 5 rings (SSSR count). The number of fused-ring (bicyclic) bond motifs is 1. The van der Waals surface area contributed by atoms with E-state index in [0.29, 0.717) is 16.9 Å². The number of nitrogens with one attached hydrogen (secondary N) is 2. The van der Waals surface area contributed by atoms with Crippen molar-refractivity contribution < 1.29 is 36.4 Å². The van der Waals surface area contributed by atoms with E-state index >= 15 is 0 Å². The first-order chi connectivity index (χ1) is 18.4. The predicted molar refractivity (Wildman–Crippen MR) is 136 cm³/mol. The van der Waals surface area contributed by atoms with Crippen molar-refractivity contribution in [1.29, 1.82) is 0 Å². The lowest BCUT2D eigenvalue weighted by atomic mass is 9.95. The number of anilines is 1. The zero-order chi connectivity index (χ0) is 27.9. The van der Waals surface area contributed by atoms with Gasteiger partial charge in [0.1, 0.15) is 30.5 Å². The monoisotopic (exact) mass is 580 g/mol. The summed E-state index contributed by atoms with van der Waals surface area (Å²) in [4.78, 5) is 26.6. The Hall–Kier alpha value is -2.95. The van der Waals surface area contributed by atoms with Crippen LogP contribution < -0.4 is 10.0 Å². The maximum atomic E-state index is 14.4. The van der Waals surface area contributed by atoms with E-state index in [2.05, 4.69) is 20.3 Å². The third kappa shape index (κ3) is 5.83. The van der Waals surface area contributed by atoms with Gasteiger partial charge >= 0.3 is 16.2 Å². The van der Waals surface area contributed by atoms with Gasteiger partial charge in [-0.1, -0.05) is 6.07 Å². The molecule has 0 bridgehead atoms. The number of ether oxygens (including phenoxy) is 1. The highest BCUT2D eigenvalue weighted by Crippen LogP contribution is 2.44. The fourth-order valence-electron chi connectivity index (χ4n) is 4.86. The molecule has 1 radical (unpaired) electrons. The number of hydrogen-bond acceptors (Lipinski definition) is 10. The number of aromatic nitrogens is 3. The Morgan fingerprint density at radius 1 is 1.28 bits per heavy atom. The standard InChI is InChI=1S/C24H24F2N5O6S2/c1-12-16(21-15-3-2-4-28-22(15)24(25,26)10-37-21)7-19(38-12)20(33)17-9-27-11-29-23(17)31-14-5-13(18(32)6-14)8-30-39(34,35)36/h2-4,7-9,11,13-14,18,21,30,32H,5-6,10H2,1H3,(H,27,29,31)(H,34,35,36)/t13-,14-,18+,21-/m1/s1.